The van der Waals surface area contributed by atoms with Crippen LogP contribution < -0.4 is 16.4 Å². The van der Waals surface area contributed by atoms with Gasteiger partial charge in [-0.05, 0) is 19.3 Å². The smallest absolute Gasteiger partial charge is 0.328 e. The molecule has 1 atom stereocenters. The van der Waals surface area contributed by atoms with Gasteiger partial charge in [0.15, 0.2) is 0 Å². The number of carbonyl (C=O) groups excluding carboxylic acids is 1. The van der Waals surface area contributed by atoms with Crippen LogP contribution in [0.25, 0.3) is 0 Å². The standard InChI is InChI=1S/C11H17N5O2/c1-18-10(17)7-4-2-3-5-16(7)9-6-8(12)14-11(13)15-9/h6-7H,2-5H2,1H3,(H4,12,13,14,15). The molecule has 7 heteroatoms. The van der Waals surface area contributed by atoms with Crippen LogP contribution >= 0.6 is 0 Å². The molecule has 1 aromatic heterocycles. The highest BCUT2D eigenvalue weighted by molar-refractivity contribution is 5.80. The third kappa shape index (κ3) is 2.44. The topological polar surface area (TPSA) is 107 Å². The van der Waals surface area contributed by atoms with Crippen molar-refractivity contribution < 1.29 is 9.53 Å². The third-order valence-electron chi connectivity index (χ3n) is 3.02. The quantitative estimate of drug-likeness (QED) is 0.721. The van der Waals surface area contributed by atoms with E-state index in [1.807, 2.05) is 4.90 Å². The minimum absolute atomic E-state index is 0.110. The molecule has 1 aromatic rings. The molecule has 0 amide bonds. The number of rotatable bonds is 2. The number of aromatic nitrogens is 2. The van der Waals surface area contributed by atoms with Gasteiger partial charge in [0.25, 0.3) is 0 Å². The van der Waals surface area contributed by atoms with E-state index in [9.17, 15) is 4.79 Å². The number of methoxy groups -OCH3 is 1. The maximum atomic E-state index is 11.8. The van der Waals surface area contributed by atoms with Crippen LogP contribution in [-0.2, 0) is 9.53 Å². The van der Waals surface area contributed by atoms with Crippen LogP contribution in [0.5, 0.6) is 0 Å². The summed E-state index contributed by atoms with van der Waals surface area (Å²) in [5.41, 5.74) is 11.2. The van der Waals surface area contributed by atoms with Gasteiger partial charge >= 0.3 is 5.97 Å². The Bertz CT molecular complexity index is 431. The molecule has 2 heterocycles. The third-order valence-corrected chi connectivity index (χ3v) is 3.02. The zero-order chi connectivity index (χ0) is 13.1. The van der Waals surface area contributed by atoms with Crippen molar-refractivity contribution in [3.63, 3.8) is 0 Å². The molecule has 0 saturated carbocycles. The monoisotopic (exact) mass is 251 g/mol. The molecule has 0 aromatic carbocycles. The van der Waals surface area contributed by atoms with Gasteiger partial charge in [0, 0.05) is 12.6 Å². The fourth-order valence-electron chi connectivity index (χ4n) is 2.21. The van der Waals surface area contributed by atoms with E-state index in [0.717, 1.165) is 25.8 Å². The molecule has 1 aliphatic heterocycles. The van der Waals surface area contributed by atoms with Crippen molar-refractivity contribution in [1.82, 2.24) is 9.97 Å². The molecule has 1 unspecified atom stereocenters. The molecular weight excluding hydrogens is 234 g/mol. The van der Waals surface area contributed by atoms with Crippen LogP contribution in [0.3, 0.4) is 0 Å². The Labute approximate surface area is 105 Å². The molecule has 98 valence electrons. The number of esters is 1. The number of nitrogens with two attached hydrogens (primary N) is 2. The van der Waals surface area contributed by atoms with Gasteiger partial charge in [0.2, 0.25) is 5.95 Å². The molecule has 1 aliphatic rings. The summed E-state index contributed by atoms with van der Waals surface area (Å²) in [5.74, 6) is 0.728. The lowest BCUT2D eigenvalue weighted by Gasteiger charge is -2.34. The van der Waals surface area contributed by atoms with Crippen molar-refractivity contribution >= 4 is 23.6 Å². The Morgan fingerprint density at radius 3 is 2.89 bits per heavy atom. The number of ether oxygens (including phenoxy) is 1. The summed E-state index contributed by atoms with van der Waals surface area (Å²) in [6, 6.07) is 1.30. The predicted molar refractivity (Wildman–Crippen MR) is 67.9 cm³/mol. The van der Waals surface area contributed by atoms with E-state index < -0.39 is 0 Å². The summed E-state index contributed by atoms with van der Waals surface area (Å²) in [6.07, 6.45) is 2.74. The summed E-state index contributed by atoms with van der Waals surface area (Å²) >= 11 is 0. The molecule has 1 fully saturated rings. The van der Waals surface area contributed by atoms with E-state index in [0.29, 0.717) is 11.6 Å². The van der Waals surface area contributed by atoms with Gasteiger partial charge in [0.05, 0.1) is 7.11 Å². The first-order valence-corrected chi connectivity index (χ1v) is 5.86. The fraction of sp³-hybridized carbons (Fsp3) is 0.545. The maximum Gasteiger partial charge on any atom is 0.328 e. The number of piperidine rings is 1. The molecule has 4 N–H and O–H groups in total. The minimum Gasteiger partial charge on any atom is -0.467 e. The number of carbonyl (C=O) groups is 1. The van der Waals surface area contributed by atoms with Crippen molar-refractivity contribution in [3.8, 4) is 0 Å². The van der Waals surface area contributed by atoms with Crippen molar-refractivity contribution in [2.45, 2.75) is 25.3 Å². The van der Waals surface area contributed by atoms with Crippen molar-refractivity contribution in [2.24, 2.45) is 0 Å². The zero-order valence-corrected chi connectivity index (χ0v) is 10.3. The predicted octanol–water partition coefficient (Wildman–Crippen LogP) is 0.173. The van der Waals surface area contributed by atoms with E-state index in [1.54, 1.807) is 6.07 Å². The van der Waals surface area contributed by atoms with Gasteiger partial charge in [-0.25, -0.2) is 4.79 Å². The van der Waals surface area contributed by atoms with Crippen molar-refractivity contribution in [1.29, 1.82) is 0 Å². The molecule has 7 nitrogen and oxygen atoms in total. The first kappa shape index (κ1) is 12.4. The molecule has 0 aliphatic carbocycles. The number of nitrogens with zero attached hydrogens (tertiary/aromatic N) is 3. The summed E-state index contributed by atoms with van der Waals surface area (Å²) in [7, 11) is 1.39. The summed E-state index contributed by atoms with van der Waals surface area (Å²) in [6.45, 7) is 0.732. The second kappa shape index (κ2) is 5.07. The van der Waals surface area contributed by atoms with Gasteiger partial charge in [-0.1, -0.05) is 0 Å². The van der Waals surface area contributed by atoms with Crippen LogP contribution in [0.1, 0.15) is 19.3 Å². The molecule has 18 heavy (non-hydrogen) atoms. The van der Waals surface area contributed by atoms with Gasteiger partial charge in [-0.3, -0.25) is 0 Å². The highest BCUT2D eigenvalue weighted by Gasteiger charge is 2.30. The highest BCUT2D eigenvalue weighted by Crippen LogP contribution is 2.25. The van der Waals surface area contributed by atoms with Gasteiger partial charge in [-0.15, -0.1) is 0 Å². The lowest BCUT2D eigenvalue weighted by Crippen LogP contribution is -2.45. The molecule has 0 radical (unpaired) electrons. The SMILES string of the molecule is COC(=O)C1CCCCN1c1cc(N)nc(N)n1. The minimum atomic E-state index is -0.322. The van der Waals surface area contributed by atoms with Crippen molar-refractivity contribution in [2.75, 3.05) is 30.0 Å². The van der Waals surface area contributed by atoms with Crippen LogP contribution in [0.15, 0.2) is 6.07 Å². The Morgan fingerprint density at radius 2 is 2.22 bits per heavy atom. The molecular formula is C11H17N5O2. The van der Waals surface area contributed by atoms with E-state index in [-0.39, 0.29) is 18.0 Å². The van der Waals surface area contributed by atoms with E-state index in [4.69, 9.17) is 16.2 Å². The molecule has 0 spiro atoms. The fourth-order valence-corrected chi connectivity index (χ4v) is 2.21. The second-order valence-corrected chi connectivity index (χ2v) is 4.24. The van der Waals surface area contributed by atoms with E-state index in [2.05, 4.69) is 9.97 Å². The van der Waals surface area contributed by atoms with Gasteiger partial charge in [0.1, 0.15) is 17.7 Å². The average Bonchev–Trinajstić information content (AvgIpc) is 2.36. The van der Waals surface area contributed by atoms with Crippen molar-refractivity contribution in [3.05, 3.63) is 6.07 Å². The Morgan fingerprint density at radius 1 is 1.44 bits per heavy atom. The number of nitrogen functional groups attached to an aromatic ring is 2. The van der Waals surface area contributed by atoms with E-state index >= 15 is 0 Å². The Kier molecular flexibility index (Phi) is 3.50. The van der Waals surface area contributed by atoms with Crippen LogP contribution in [0.4, 0.5) is 17.6 Å². The molecule has 0 bridgehead atoms. The normalized spacial score (nSPS) is 19.6. The first-order valence-electron chi connectivity index (χ1n) is 5.86. The lowest BCUT2D eigenvalue weighted by molar-refractivity contribution is -0.142. The highest BCUT2D eigenvalue weighted by atomic mass is 16.5. The van der Waals surface area contributed by atoms with Crippen LogP contribution in [0, 0.1) is 0 Å². The lowest BCUT2D eigenvalue weighted by atomic mass is 10.0. The molecule has 1 saturated heterocycles. The van der Waals surface area contributed by atoms with Gasteiger partial charge < -0.3 is 21.1 Å². The summed E-state index contributed by atoms with van der Waals surface area (Å²) in [4.78, 5) is 21.6. The second-order valence-electron chi connectivity index (χ2n) is 4.24. The average molecular weight is 251 g/mol. The maximum absolute atomic E-state index is 11.8. The summed E-state index contributed by atoms with van der Waals surface area (Å²) in [5, 5.41) is 0. The Hall–Kier alpha value is -2.05. The largest absolute Gasteiger partial charge is 0.467 e. The number of hydrogen-bond acceptors (Lipinski definition) is 7. The van der Waals surface area contributed by atoms with Gasteiger partial charge in [-0.2, -0.15) is 9.97 Å². The number of hydrogen-bond donors (Lipinski definition) is 2. The Balaban J connectivity index is 2.30. The first-order chi connectivity index (χ1) is 8.61. The summed E-state index contributed by atoms with van der Waals surface area (Å²) < 4.78 is 4.82. The number of anilines is 3. The zero-order valence-electron chi connectivity index (χ0n) is 10.3. The van der Waals surface area contributed by atoms with Crippen LogP contribution in [-0.4, -0.2) is 35.6 Å². The van der Waals surface area contributed by atoms with E-state index in [1.165, 1.54) is 7.11 Å². The van der Waals surface area contributed by atoms with Crippen LogP contribution in [0.2, 0.25) is 0 Å². The molecule has 2 rings (SSSR count).